The Bertz CT molecular complexity index is 1020. The highest BCUT2D eigenvalue weighted by molar-refractivity contribution is 5.89. The number of hydrogen-bond acceptors (Lipinski definition) is 4. The summed E-state index contributed by atoms with van der Waals surface area (Å²) in [5.41, 5.74) is 2.86. The van der Waals surface area contributed by atoms with Gasteiger partial charge in [0.2, 0.25) is 5.91 Å². The molecule has 3 aromatic rings. The van der Waals surface area contributed by atoms with Crippen molar-refractivity contribution in [1.29, 1.82) is 0 Å². The number of fused-ring (bicyclic) bond motifs is 2. The molecule has 31 heavy (non-hydrogen) atoms. The van der Waals surface area contributed by atoms with E-state index in [4.69, 9.17) is 14.2 Å². The van der Waals surface area contributed by atoms with Gasteiger partial charge in [0.1, 0.15) is 11.5 Å². The lowest BCUT2D eigenvalue weighted by Crippen LogP contribution is -2.33. The Morgan fingerprint density at radius 2 is 1.48 bits per heavy atom. The second kappa shape index (κ2) is 9.56. The first-order chi connectivity index (χ1) is 15.2. The summed E-state index contributed by atoms with van der Waals surface area (Å²) < 4.78 is 17.3. The van der Waals surface area contributed by atoms with Gasteiger partial charge in [-0.15, -0.1) is 0 Å². The van der Waals surface area contributed by atoms with Crippen molar-refractivity contribution in [3.63, 3.8) is 0 Å². The van der Waals surface area contributed by atoms with E-state index in [1.54, 1.807) is 0 Å². The molecule has 0 radical (unpaired) electrons. The van der Waals surface area contributed by atoms with Gasteiger partial charge in [-0.05, 0) is 50.1 Å². The van der Waals surface area contributed by atoms with E-state index in [1.807, 2.05) is 80.6 Å². The number of ether oxygens (including phenoxy) is 3. The molecular weight excluding hydrogens is 390 g/mol. The first-order valence-electron chi connectivity index (χ1n) is 10.7. The van der Waals surface area contributed by atoms with Crippen molar-refractivity contribution in [3.05, 3.63) is 83.4 Å². The molecule has 1 amide bonds. The van der Waals surface area contributed by atoms with Crippen LogP contribution in [0.25, 0.3) is 0 Å². The second-order valence-electron chi connectivity index (χ2n) is 7.30. The normalized spacial score (nSPS) is 12.3. The zero-order valence-electron chi connectivity index (χ0n) is 17.9. The summed E-state index contributed by atoms with van der Waals surface area (Å²) >= 11 is 0. The molecular formula is C26H27NO4. The SMILES string of the molecule is CCOc1ccc(CCNC(=O)C2c3ccccc3Oc3ccccc32)cc1OCC. The van der Waals surface area contributed by atoms with Gasteiger partial charge < -0.3 is 19.5 Å². The quantitative estimate of drug-likeness (QED) is 0.555. The van der Waals surface area contributed by atoms with Crippen LogP contribution in [0.15, 0.2) is 66.7 Å². The minimum atomic E-state index is -0.388. The Hall–Kier alpha value is -3.47. The van der Waals surface area contributed by atoms with Gasteiger partial charge in [-0.3, -0.25) is 4.79 Å². The largest absolute Gasteiger partial charge is 0.490 e. The van der Waals surface area contributed by atoms with Crippen LogP contribution in [-0.4, -0.2) is 25.7 Å². The smallest absolute Gasteiger partial charge is 0.232 e. The summed E-state index contributed by atoms with van der Waals surface area (Å²) in [6.07, 6.45) is 0.699. The van der Waals surface area contributed by atoms with Gasteiger partial charge in [0.25, 0.3) is 0 Å². The minimum Gasteiger partial charge on any atom is -0.490 e. The van der Waals surface area contributed by atoms with Crippen LogP contribution < -0.4 is 19.5 Å². The Kier molecular flexibility index (Phi) is 6.41. The maximum absolute atomic E-state index is 13.2. The topological polar surface area (TPSA) is 56.8 Å². The third-order valence-electron chi connectivity index (χ3n) is 5.26. The predicted octanol–water partition coefficient (Wildman–Crippen LogP) is 5.08. The molecule has 0 aliphatic carbocycles. The van der Waals surface area contributed by atoms with Crippen molar-refractivity contribution in [2.24, 2.45) is 0 Å². The maximum Gasteiger partial charge on any atom is 0.232 e. The van der Waals surface area contributed by atoms with E-state index < -0.39 is 0 Å². The fraction of sp³-hybridized carbons (Fsp3) is 0.269. The van der Waals surface area contributed by atoms with E-state index >= 15 is 0 Å². The summed E-state index contributed by atoms with van der Waals surface area (Å²) in [6, 6.07) is 21.4. The number of amides is 1. The first-order valence-corrected chi connectivity index (χ1v) is 10.7. The number of carbonyl (C=O) groups excluding carboxylic acids is 1. The monoisotopic (exact) mass is 417 g/mol. The molecule has 1 heterocycles. The Morgan fingerprint density at radius 3 is 2.13 bits per heavy atom. The van der Waals surface area contributed by atoms with E-state index in [0.29, 0.717) is 26.2 Å². The molecule has 160 valence electrons. The lowest BCUT2D eigenvalue weighted by atomic mass is 9.87. The predicted molar refractivity (Wildman–Crippen MR) is 120 cm³/mol. The summed E-state index contributed by atoms with van der Waals surface area (Å²) in [5.74, 6) is 2.52. The molecule has 0 bridgehead atoms. The zero-order chi connectivity index (χ0) is 21.6. The second-order valence-corrected chi connectivity index (χ2v) is 7.30. The molecule has 0 unspecified atom stereocenters. The van der Waals surface area contributed by atoms with Crippen molar-refractivity contribution >= 4 is 5.91 Å². The van der Waals surface area contributed by atoms with Crippen LogP contribution in [0.1, 0.15) is 36.5 Å². The summed E-state index contributed by atoms with van der Waals surface area (Å²) in [5, 5.41) is 3.11. The molecule has 1 aliphatic heterocycles. The third-order valence-corrected chi connectivity index (χ3v) is 5.26. The number of carbonyl (C=O) groups is 1. The lowest BCUT2D eigenvalue weighted by Gasteiger charge is -2.27. The molecule has 0 saturated carbocycles. The third kappa shape index (κ3) is 4.50. The van der Waals surface area contributed by atoms with E-state index in [-0.39, 0.29) is 11.8 Å². The molecule has 0 fully saturated rings. The highest BCUT2D eigenvalue weighted by Crippen LogP contribution is 2.43. The van der Waals surface area contributed by atoms with Crippen molar-refractivity contribution in [1.82, 2.24) is 5.32 Å². The molecule has 3 aromatic carbocycles. The van der Waals surface area contributed by atoms with E-state index in [9.17, 15) is 4.79 Å². The average Bonchev–Trinajstić information content (AvgIpc) is 2.79. The van der Waals surface area contributed by atoms with Gasteiger partial charge in [-0.2, -0.15) is 0 Å². The van der Waals surface area contributed by atoms with Crippen molar-refractivity contribution in [2.75, 3.05) is 19.8 Å². The van der Waals surface area contributed by atoms with Crippen LogP contribution in [0.2, 0.25) is 0 Å². The number of hydrogen-bond donors (Lipinski definition) is 1. The van der Waals surface area contributed by atoms with Crippen LogP contribution in [0, 0.1) is 0 Å². The van der Waals surface area contributed by atoms with Gasteiger partial charge in [0, 0.05) is 17.7 Å². The van der Waals surface area contributed by atoms with Crippen LogP contribution in [0.4, 0.5) is 0 Å². The van der Waals surface area contributed by atoms with Crippen LogP contribution in [0.3, 0.4) is 0 Å². The lowest BCUT2D eigenvalue weighted by molar-refractivity contribution is -0.121. The van der Waals surface area contributed by atoms with Gasteiger partial charge in [-0.25, -0.2) is 0 Å². The highest BCUT2D eigenvalue weighted by Gasteiger charge is 2.32. The number of nitrogens with one attached hydrogen (secondary N) is 1. The van der Waals surface area contributed by atoms with Gasteiger partial charge >= 0.3 is 0 Å². The fourth-order valence-electron chi connectivity index (χ4n) is 3.88. The van der Waals surface area contributed by atoms with Crippen molar-refractivity contribution in [2.45, 2.75) is 26.2 Å². The van der Waals surface area contributed by atoms with Crippen LogP contribution >= 0.6 is 0 Å². The number of para-hydroxylation sites is 2. The fourth-order valence-corrected chi connectivity index (χ4v) is 3.88. The molecule has 0 spiro atoms. The number of rotatable bonds is 8. The molecule has 4 rings (SSSR count). The Morgan fingerprint density at radius 1 is 0.871 bits per heavy atom. The Labute approximate surface area is 183 Å². The molecule has 1 aliphatic rings. The summed E-state index contributed by atoms with van der Waals surface area (Å²) in [6.45, 7) is 5.59. The van der Waals surface area contributed by atoms with Crippen molar-refractivity contribution in [3.8, 4) is 23.0 Å². The first kappa shape index (κ1) is 20.8. The van der Waals surface area contributed by atoms with Crippen molar-refractivity contribution < 1.29 is 19.0 Å². The van der Waals surface area contributed by atoms with E-state index in [0.717, 1.165) is 39.7 Å². The highest BCUT2D eigenvalue weighted by atomic mass is 16.5. The Balaban J connectivity index is 1.47. The van der Waals surface area contributed by atoms with Gasteiger partial charge in [0.05, 0.1) is 19.1 Å². The molecule has 0 saturated heterocycles. The number of benzene rings is 3. The maximum atomic E-state index is 13.2. The zero-order valence-corrected chi connectivity index (χ0v) is 17.9. The average molecular weight is 418 g/mol. The molecule has 0 atom stereocenters. The molecule has 1 N–H and O–H groups in total. The van der Waals surface area contributed by atoms with Crippen LogP contribution in [-0.2, 0) is 11.2 Å². The van der Waals surface area contributed by atoms with Gasteiger partial charge in [-0.1, -0.05) is 42.5 Å². The summed E-state index contributed by atoms with van der Waals surface area (Å²) in [7, 11) is 0. The summed E-state index contributed by atoms with van der Waals surface area (Å²) in [4.78, 5) is 13.2. The minimum absolute atomic E-state index is 0.0285. The van der Waals surface area contributed by atoms with Gasteiger partial charge in [0.15, 0.2) is 11.5 Å². The standard InChI is InChI=1S/C26H27NO4/c1-3-29-23-14-13-18(17-24(23)30-4-2)15-16-27-26(28)25-19-9-5-7-11-21(19)31-22-12-8-6-10-20(22)25/h5-14,17,25H,3-4,15-16H2,1-2H3,(H,27,28). The van der Waals surface area contributed by atoms with E-state index in [1.165, 1.54) is 0 Å². The molecule has 5 nitrogen and oxygen atoms in total. The molecule has 5 heteroatoms. The van der Waals surface area contributed by atoms with E-state index in [2.05, 4.69) is 5.32 Å². The van der Waals surface area contributed by atoms with Crippen LogP contribution in [0.5, 0.6) is 23.0 Å². The molecule has 0 aromatic heterocycles.